The summed E-state index contributed by atoms with van der Waals surface area (Å²) in [5.74, 6) is -0.735. The second kappa shape index (κ2) is 9.22. The fraction of sp³-hybridized carbons (Fsp3) is 0.318. The number of hydrogen-bond donors (Lipinski definition) is 2. The van der Waals surface area contributed by atoms with Gasteiger partial charge in [-0.05, 0) is 36.2 Å². The van der Waals surface area contributed by atoms with Crippen LogP contribution in [0.25, 0.3) is 0 Å². The van der Waals surface area contributed by atoms with Crippen molar-refractivity contribution < 1.29 is 14.4 Å². The topological polar surface area (TPSA) is 78.5 Å². The van der Waals surface area contributed by atoms with E-state index in [0.29, 0.717) is 30.3 Å². The number of rotatable bonds is 6. The quantitative estimate of drug-likeness (QED) is 0.691. The monoisotopic (exact) mass is 457 g/mol. The van der Waals surface area contributed by atoms with E-state index in [2.05, 4.69) is 26.6 Å². The van der Waals surface area contributed by atoms with Crippen LogP contribution in [0.4, 0.5) is 11.4 Å². The minimum absolute atomic E-state index is 0.0915. The van der Waals surface area contributed by atoms with E-state index < -0.39 is 5.92 Å². The molecule has 1 atom stereocenters. The SMILES string of the molecule is CC(C)CNC(=O)c1ccccc1NC(=O)C1CC(=O)N(c2cccc(Br)c2)C1. The summed E-state index contributed by atoms with van der Waals surface area (Å²) in [6, 6.07) is 14.3. The van der Waals surface area contributed by atoms with Crippen molar-refractivity contribution in [2.75, 3.05) is 23.3 Å². The van der Waals surface area contributed by atoms with Crippen LogP contribution in [-0.2, 0) is 9.59 Å². The molecule has 152 valence electrons. The molecule has 1 heterocycles. The zero-order valence-corrected chi connectivity index (χ0v) is 18.0. The second-order valence-electron chi connectivity index (χ2n) is 7.52. The molecule has 0 radical (unpaired) electrons. The number of amides is 3. The number of para-hydroxylation sites is 1. The highest BCUT2D eigenvalue weighted by Crippen LogP contribution is 2.28. The normalized spacial score (nSPS) is 16.2. The summed E-state index contributed by atoms with van der Waals surface area (Å²) in [5, 5.41) is 5.70. The first kappa shape index (κ1) is 21.0. The third-order valence-electron chi connectivity index (χ3n) is 4.72. The summed E-state index contributed by atoms with van der Waals surface area (Å²) in [6.45, 7) is 4.90. The van der Waals surface area contributed by atoms with Gasteiger partial charge in [-0.3, -0.25) is 14.4 Å². The molecule has 29 heavy (non-hydrogen) atoms. The van der Waals surface area contributed by atoms with Gasteiger partial charge in [0.2, 0.25) is 11.8 Å². The third-order valence-corrected chi connectivity index (χ3v) is 5.21. The van der Waals surface area contributed by atoms with Crippen molar-refractivity contribution >= 4 is 45.0 Å². The molecule has 0 aliphatic carbocycles. The molecule has 2 N–H and O–H groups in total. The van der Waals surface area contributed by atoms with Gasteiger partial charge >= 0.3 is 0 Å². The molecule has 1 aliphatic rings. The molecule has 6 nitrogen and oxygen atoms in total. The maximum absolute atomic E-state index is 12.8. The molecular weight excluding hydrogens is 434 g/mol. The summed E-state index contributed by atoms with van der Waals surface area (Å²) in [4.78, 5) is 39.3. The highest BCUT2D eigenvalue weighted by atomic mass is 79.9. The van der Waals surface area contributed by atoms with Gasteiger partial charge < -0.3 is 15.5 Å². The average molecular weight is 458 g/mol. The van der Waals surface area contributed by atoms with Crippen LogP contribution in [0.15, 0.2) is 53.0 Å². The Labute approximate surface area is 178 Å². The molecule has 0 spiro atoms. The zero-order chi connectivity index (χ0) is 21.0. The summed E-state index contributed by atoms with van der Waals surface area (Å²) < 4.78 is 0.872. The fourth-order valence-corrected chi connectivity index (χ4v) is 3.58. The van der Waals surface area contributed by atoms with Gasteiger partial charge in [0.05, 0.1) is 17.2 Å². The van der Waals surface area contributed by atoms with Gasteiger partial charge in [0.15, 0.2) is 0 Å². The Morgan fingerprint density at radius 2 is 1.93 bits per heavy atom. The minimum Gasteiger partial charge on any atom is -0.352 e. The summed E-state index contributed by atoms with van der Waals surface area (Å²) in [6.07, 6.45) is 0.139. The van der Waals surface area contributed by atoms with Crippen molar-refractivity contribution in [3.05, 3.63) is 58.6 Å². The Morgan fingerprint density at radius 1 is 1.17 bits per heavy atom. The van der Waals surface area contributed by atoms with Crippen molar-refractivity contribution in [3.63, 3.8) is 0 Å². The Balaban J connectivity index is 1.70. The largest absolute Gasteiger partial charge is 0.352 e. The summed E-state index contributed by atoms with van der Waals surface area (Å²) in [7, 11) is 0. The Morgan fingerprint density at radius 3 is 2.66 bits per heavy atom. The van der Waals surface area contributed by atoms with Crippen molar-refractivity contribution in [2.45, 2.75) is 20.3 Å². The first-order valence-corrected chi connectivity index (χ1v) is 10.4. The van der Waals surface area contributed by atoms with Gasteiger partial charge in [-0.15, -0.1) is 0 Å². The number of benzene rings is 2. The molecule has 3 rings (SSSR count). The zero-order valence-electron chi connectivity index (χ0n) is 16.4. The average Bonchev–Trinajstić information content (AvgIpc) is 3.08. The fourth-order valence-electron chi connectivity index (χ4n) is 3.19. The molecule has 2 aromatic rings. The van der Waals surface area contributed by atoms with Crippen molar-refractivity contribution in [1.29, 1.82) is 0 Å². The number of nitrogens with one attached hydrogen (secondary N) is 2. The Bertz CT molecular complexity index is 929. The first-order chi connectivity index (χ1) is 13.8. The van der Waals surface area contributed by atoms with Crippen LogP contribution in [0.5, 0.6) is 0 Å². The molecule has 1 aliphatic heterocycles. The van der Waals surface area contributed by atoms with E-state index in [9.17, 15) is 14.4 Å². The number of nitrogens with zero attached hydrogens (tertiary/aromatic N) is 1. The third kappa shape index (κ3) is 5.23. The van der Waals surface area contributed by atoms with E-state index in [1.165, 1.54) is 0 Å². The van der Waals surface area contributed by atoms with Gasteiger partial charge in [0.1, 0.15) is 0 Å². The van der Waals surface area contributed by atoms with Crippen LogP contribution < -0.4 is 15.5 Å². The van der Waals surface area contributed by atoms with Crippen molar-refractivity contribution in [3.8, 4) is 0 Å². The molecule has 0 bridgehead atoms. The maximum Gasteiger partial charge on any atom is 0.253 e. The van der Waals surface area contributed by atoms with Crippen LogP contribution in [0.2, 0.25) is 0 Å². The molecule has 1 fully saturated rings. The lowest BCUT2D eigenvalue weighted by atomic mass is 10.1. The first-order valence-electron chi connectivity index (χ1n) is 9.59. The van der Waals surface area contributed by atoms with Gasteiger partial charge in [-0.2, -0.15) is 0 Å². The molecule has 7 heteroatoms. The molecule has 0 saturated carbocycles. The van der Waals surface area contributed by atoms with Gasteiger partial charge in [-0.1, -0.05) is 48.0 Å². The van der Waals surface area contributed by atoms with Crippen molar-refractivity contribution in [2.24, 2.45) is 11.8 Å². The predicted molar refractivity (Wildman–Crippen MR) is 117 cm³/mol. The smallest absolute Gasteiger partial charge is 0.253 e. The van der Waals surface area contributed by atoms with E-state index in [0.717, 1.165) is 10.2 Å². The number of halogens is 1. The van der Waals surface area contributed by atoms with E-state index in [-0.39, 0.29) is 24.1 Å². The van der Waals surface area contributed by atoms with Crippen LogP contribution in [0, 0.1) is 11.8 Å². The number of hydrogen-bond acceptors (Lipinski definition) is 3. The van der Waals surface area contributed by atoms with Crippen molar-refractivity contribution in [1.82, 2.24) is 5.32 Å². The maximum atomic E-state index is 12.8. The number of carbonyl (C=O) groups is 3. The number of anilines is 2. The molecule has 1 saturated heterocycles. The summed E-state index contributed by atoms with van der Waals surface area (Å²) in [5.41, 5.74) is 1.62. The van der Waals surface area contributed by atoms with Gasteiger partial charge in [0.25, 0.3) is 5.91 Å². The lowest BCUT2D eigenvalue weighted by Gasteiger charge is -2.17. The second-order valence-corrected chi connectivity index (χ2v) is 8.44. The van der Waals surface area contributed by atoms with E-state index >= 15 is 0 Å². The van der Waals surface area contributed by atoms with Crippen LogP contribution in [-0.4, -0.2) is 30.8 Å². The van der Waals surface area contributed by atoms with Crippen LogP contribution >= 0.6 is 15.9 Å². The van der Waals surface area contributed by atoms with Gasteiger partial charge in [0, 0.05) is 29.7 Å². The van der Waals surface area contributed by atoms with Gasteiger partial charge in [-0.25, -0.2) is 0 Å². The Hall–Kier alpha value is -2.67. The minimum atomic E-state index is -0.478. The molecule has 2 aromatic carbocycles. The lowest BCUT2D eigenvalue weighted by Crippen LogP contribution is -2.30. The standard InChI is InChI=1S/C22H24BrN3O3/c1-14(2)12-24-22(29)18-8-3-4-9-19(18)25-21(28)15-10-20(27)26(13-15)17-7-5-6-16(23)11-17/h3-9,11,14-15H,10,12-13H2,1-2H3,(H,24,29)(H,25,28). The molecule has 1 unspecified atom stereocenters. The van der Waals surface area contributed by atoms with Crippen LogP contribution in [0.1, 0.15) is 30.6 Å². The Kier molecular flexibility index (Phi) is 6.69. The lowest BCUT2D eigenvalue weighted by molar-refractivity contribution is -0.122. The van der Waals surface area contributed by atoms with E-state index in [1.807, 2.05) is 38.1 Å². The molecular formula is C22H24BrN3O3. The van der Waals surface area contributed by atoms with Crippen LogP contribution in [0.3, 0.4) is 0 Å². The molecule has 3 amide bonds. The highest BCUT2D eigenvalue weighted by molar-refractivity contribution is 9.10. The molecule has 0 aromatic heterocycles. The predicted octanol–water partition coefficient (Wildman–Crippen LogP) is 3.83. The van der Waals surface area contributed by atoms with E-state index in [4.69, 9.17) is 0 Å². The summed E-state index contributed by atoms with van der Waals surface area (Å²) >= 11 is 3.41. The van der Waals surface area contributed by atoms with E-state index in [1.54, 1.807) is 29.2 Å². The number of carbonyl (C=O) groups excluding carboxylic acids is 3. The highest BCUT2D eigenvalue weighted by Gasteiger charge is 2.35.